The van der Waals surface area contributed by atoms with Crippen LogP contribution in [0, 0.1) is 0 Å². The first-order valence-corrected chi connectivity index (χ1v) is 11.0. The largest absolute Gasteiger partial charge is 0.479 e. The Morgan fingerprint density at radius 2 is 1.77 bits per heavy atom. The van der Waals surface area contributed by atoms with E-state index >= 15 is 0 Å². The Balaban J connectivity index is 2.05. The van der Waals surface area contributed by atoms with E-state index < -0.39 is 12.1 Å². The minimum atomic E-state index is -0.943. The predicted molar refractivity (Wildman–Crippen MR) is 125 cm³/mol. The minimum absolute atomic E-state index is 0.115. The van der Waals surface area contributed by atoms with Crippen LogP contribution in [-0.2, 0) is 16.0 Å². The van der Waals surface area contributed by atoms with Gasteiger partial charge in [-0.05, 0) is 41.7 Å². The van der Waals surface area contributed by atoms with Crippen LogP contribution in [0.15, 0.2) is 48.5 Å². The SMILES string of the molecule is CCCCCNC(=O)N(C)c1cccc(-c2ccc(CC(OCCC)C(=O)O)cc2)c1. The standard InChI is InChI=1S/C25H34N2O4/c1-4-6-7-15-26-25(30)27(3)22-10-8-9-21(18-22)20-13-11-19(12-14-20)17-23(24(28)29)31-16-5-2/h8-14,18,23H,4-7,15-17H2,1-3H3,(H,26,30)(H,28,29). The molecular formula is C25H34N2O4. The van der Waals surface area contributed by atoms with Gasteiger partial charge in [-0.25, -0.2) is 9.59 Å². The number of rotatable bonds is 12. The zero-order valence-electron chi connectivity index (χ0n) is 18.8. The second kappa shape index (κ2) is 12.7. The average molecular weight is 427 g/mol. The highest BCUT2D eigenvalue weighted by Gasteiger charge is 2.18. The van der Waals surface area contributed by atoms with E-state index in [1.54, 1.807) is 11.9 Å². The van der Waals surface area contributed by atoms with Crippen LogP contribution in [0.4, 0.5) is 10.5 Å². The van der Waals surface area contributed by atoms with E-state index in [1.165, 1.54) is 0 Å². The molecule has 2 aromatic rings. The first-order chi connectivity index (χ1) is 15.0. The minimum Gasteiger partial charge on any atom is -0.479 e. The molecule has 2 amide bonds. The molecule has 0 fully saturated rings. The fourth-order valence-electron chi connectivity index (χ4n) is 3.23. The van der Waals surface area contributed by atoms with Gasteiger partial charge in [0, 0.05) is 32.3 Å². The summed E-state index contributed by atoms with van der Waals surface area (Å²) in [6.07, 6.45) is 3.48. The summed E-state index contributed by atoms with van der Waals surface area (Å²) in [5.41, 5.74) is 3.72. The van der Waals surface area contributed by atoms with Crippen LogP contribution in [-0.4, -0.2) is 43.4 Å². The number of urea groups is 1. The molecule has 0 aliphatic rings. The smallest absolute Gasteiger partial charge is 0.333 e. The summed E-state index contributed by atoms with van der Waals surface area (Å²) < 4.78 is 5.43. The van der Waals surface area contributed by atoms with E-state index in [-0.39, 0.29) is 6.03 Å². The molecule has 0 aliphatic heterocycles. The number of carbonyl (C=O) groups is 2. The number of nitrogens with zero attached hydrogens (tertiary/aromatic N) is 1. The highest BCUT2D eigenvalue weighted by atomic mass is 16.5. The van der Waals surface area contributed by atoms with E-state index in [0.717, 1.165) is 48.1 Å². The Hall–Kier alpha value is -2.86. The molecule has 0 saturated heterocycles. The summed E-state index contributed by atoms with van der Waals surface area (Å²) in [5, 5.41) is 12.3. The van der Waals surface area contributed by atoms with Crippen LogP contribution < -0.4 is 10.2 Å². The normalized spacial score (nSPS) is 11.7. The third-order valence-corrected chi connectivity index (χ3v) is 5.10. The lowest BCUT2D eigenvalue weighted by atomic mass is 10.0. The van der Waals surface area contributed by atoms with E-state index in [4.69, 9.17) is 4.74 Å². The maximum atomic E-state index is 12.4. The molecule has 0 aliphatic carbocycles. The average Bonchev–Trinajstić information content (AvgIpc) is 2.79. The number of hydrogen-bond acceptors (Lipinski definition) is 3. The van der Waals surface area contributed by atoms with Gasteiger partial charge in [-0.3, -0.25) is 4.90 Å². The summed E-state index contributed by atoms with van der Waals surface area (Å²) in [5.74, 6) is -0.943. The van der Waals surface area contributed by atoms with E-state index in [0.29, 0.717) is 19.6 Å². The number of hydrogen-bond donors (Lipinski definition) is 2. The summed E-state index contributed by atoms with van der Waals surface area (Å²) in [6, 6.07) is 15.5. The molecular weight excluding hydrogens is 392 g/mol. The Labute approximate surface area is 185 Å². The van der Waals surface area contributed by atoms with Gasteiger partial charge in [0.2, 0.25) is 0 Å². The Kier molecular flexibility index (Phi) is 10.0. The number of nitrogens with one attached hydrogen (secondary N) is 1. The van der Waals surface area contributed by atoms with Gasteiger partial charge in [0.05, 0.1) is 0 Å². The highest BCUT2D eigenvalue weighted by Crippen LogP contribution is 2.25. The fourth-order valence-corrected chi connectivity index (χ4v) is 3.23. The number of benzene rings is 2. The van der Waals surface area contributed by atoms with Gasteiger partial charge in [0.15, 0.2) is 6.10 Å². The molecule has 0 aromatic heterocycles. The molecule has 6 nitrogen and oxygen atoms in total. The van der Waals surface area contributed by atoms with Crippen LogP contribution in [0.5, 0.6) is 0 Å². The molecule has 0 saturated carbocycles. The van der Waals surface area contributed by atoms with Gasteiger partial charge < -0.3 is 15.2 Å². The zero-order chi connectivity index (χ0) is 22.6. The summed E-state index contributed by atoms with van der Waals surface area (Å²) in [7, 11) is 1.76. The number of amides is 2. The summed E-state index contributed by atoms with van der Waals surface area (Å²) >= 11 is 0. The van der Waals surface area contributed by atoms with E-state index in [9.17, 15) is 14.7 Å². The van der Waals surface area contributed by atoms with Crippen molar-refractivity contribution in [3.63, 3.8) is 0 Å². The number of anilines is 1. The molecule has 1 atom stereocenters. The lowest BCUT2D eigenvalue weighted by Gasteiger charge is -2.19. The summed E-state index contributed by atoms with van der Waals surface area (Å²) in [6.45, 7) is 5.20. The van der Waals surface area contributed by atoms with Gasteiger partial charge in [-0.15, -0.1) is 0 Å². The Morgan fingerprint density at radius 3 is 2.42 bits per heavy atom. The fraction of sp³-hybridized carbons (Fsp3) is 0.440. The number of unbranched alkanes of at least 4 members (excludes halogenated alkanes) is 2. The van der Waals surface area contributed by atoms with Crippen LogP contribution in [0.2, 0.25) is 0 Å². The van der Waals surface area contributed by atoms with Gasteiger partial charge >= 0.3 is 12.0 Å². The number of aliphatic carboxylic acids is 1. The Bertz CT molecular complexity index is 836. The van der Waals surface area contributed by atoms with Crippen molar-refractivity contribution in [2.45, 2.75) is 52.1 Å². The highest BCUT2D eigenvalue weighted by molar-refractivity contribution is 5.92. The maximum absolute atomic E-state index is 12.4. The number of carboxylic acids is 1. The van der Waals surface area contributed by atoms with Crippen molar-refractivity contribution in [1.82, 2.24) is 5.32 Å². The molecule has 31 heavy (non-hydrogen) atoms. The molecule has 0 bridgehead atoms. The Morgan fingerprint density at radius 1 is 1.03 bits per heavy atom. The van der Waals surface area contributed by atoms with Crippen molar-refractivity contribution < 1.29 is 19.4 Å². The zero-order valence-corrected chi connectivity index (χ0v) is 18.8. The van der Waals surface area contributed by atoms with Gasteiger partial charge in [0.25, 0.3) is 0 Å². The first kappa shape index (κ1) is 24.4. The number of carboxylic acid groups (broad SMARTS) is 1. The second-order valence-corrected chi connectivity index (χ2v) is 7.65. The topological polar surface area (TPSA) is 78.9 Å². The first-order valence-electron chi connectivity index (χ1n) is 11.0. The third kappa shape index (κ3) is 7.72. The molecule has 0 heterocycles. The van der Waals surface area contributed by atoms with Crippen molar-refractivity contribution in [2.75, 3.05) is 25.1 Å². The molecule has 168 valence electrons. The van der Waals surface area contributed by atoms with Crippen LogP contribution >= 0.6 is 0 Å². The summed E-state index contributed by atoms with van der Waals surface area (Å²) in [4.78, 5) is 25.4. The maximum Gasteiger partial charge on any atom is 0.333 e. The van der Waals surface area contributed by atoms with Gasteiger partial charge in [-0.2, -0.15) is 0 Å². The van der Waals surface area contributed by atoms with E-state index in [2.05, 4.69) is 12.2 Å². The molecule has 1 unspecified atom stereocenters. The molecule has 0 radical (unpaired) electrons. The molecule has 2 N–H and O–H groups in total. The van der Waals surface area contributed by atoms with Gasteiger partial charge in [-0.1, -0.05) is 63.1 Å². The number of ether oxygens (including phenoxy) is 1. The monoisotopic (exact) mass is 426 g/mol. The van der Waals surface area contributed by atoms with Gasteiger partial charge in [0.1, 0.15) is 0 Å². The molecule has 2 rings (SSSR count). The third-order valence-electron chi connectivity index (χ3n) is 5.10. The van der Waals surface area contributed by atoms with Crippen molar-refractivity contribution in [2.24, 2.45) is 0 Å². The molecule has 6 heteroatoms. The second-order valence-electron chi connectivity index (χ2n) is 7.65. The van der Waals surface area contributed by atoms with Crippen molar-refractivity contribution in [1.29, 1.82) is 0 Å². The van der Waals surface area contributed by atoms with Crippen LogP contribution in [0.25, 0.3) is 11.1 Å². The predicted octanol–water partition coefficient (Wildman–Crippen LogP) is 5.11. The van der Waals surface area contributed by atoms with Crippen molar-refractivity contribution >= 4 is 17.7 Å². The lowest BCUT2D eigenvalue weighted by Crippen LogP contribution is -2.37. The number of carbonyl (C=O) groups excluding carboxylic acids is 1. The van der Waals surface area contributed by atoms with Crippen molar-refractivity contribution in [3.8, 4) is 11.1 Å². The van der Waals surface area contributed by atoms with Crippen molar-refractivity contribution in [3.05, 3.63) is 54.1 Å². The lowest BCUT2D eigenvalue weighted by molar-refractivity contribution is -0.150. The van der Waals surface area contributed by atoms with Crippen LogP contribution in [0.1, 0.15) is 45.1 Å². The molecule has 0 spiro atoms. The quantitative estimate of drug-likeness (QED) is 0.462. The van der Waals surface area contributed by atoms with E-state index in [1.807, 2.05) is 55.5 Å². The molecule has 2 aromatic carbocycles. The van der Waals surface area contributed by atoms with Crippen LogP contribution in [0.3, 0.4) is 0 Å².